The van der Waals surface area contributed by atoms with Crippen molar-refractivity contribution in [2.45, 2.75) is 13.5 Å². The van der Waals surface area contributed by atoms with Crippen LogP contribution in [0.5, 0.6) is 0 Å². The van der Waals surface area contributed by atoms with Crippen LogP contribution >= 0.6 is 11.6 Å². The molecule has 6 nitrogen and oxygen atoms in total. The summed E-state index contributed by atoms with van der Waals surface area (Å²) in [7, 11) is 1.73. The average Bonchev–Trinajstić information content (AvgIpc) is 2.85. The van der Waals surface area contributed by atoms with Crippen molar-refractivity contribution in [3.05, 3.63) is 40.8 Å². The number of anilines is 1. The van der Waals surface area contributed by atoms with Crippen LogP contribution in [0.3, 0.4) is 0 Å². The van der Waals surface area contributed by atoms with Crippen molar-refractivity contribution >= 4 is 23.3 Å². The molecule has 2 aromatic heterocycles. The van der Waals surface area contributed by atoms with Gasteiger partial charge in [-0.3, -0.25) is 9.48 Å². The quantitative estimate of drug-likeness (QED) is 0.880. The second-order valence-corrected chi connectivity index (χ2v) is 4.72. The molecule has 0 aliphatic rings. The lowest BCUT2D eigenvalue weighted by atomic mass is 10.3. The summed E-state index contributed by atoms with van der Waals surface area (Å²) in [6, 6.07) is 3.36. The molecule has 0 radical (unpaired) electrons. The number of hydrogen-bond donors (Lipinski definition) is 2. The minimum absolute atomic E-state index is 0.218. The van der Waals surface area contributed by atoms with Crippen LogP contribution in [-0.2, 0) is 6.54 Å². The molecule has 2 rings (SSSR count). The lowest BCUT2D eigenvalue weighted by molar-refractivity contribution is 0.0947. The molecule has 0 bridgehead atoms. The van der Waals surface area contributed by atoms with E-state index in [4.69, 9.17) is 11.6 Å². The van der Waals surface area contributed by atoms with Crippen LogP contribution in [-0.4, -0.2) is 34.3 Å². The third-order valence-electron chi connectivity index (χ3n) is 2.71. The third-order valence-corrected chi connectivity index (χ3v) is 3.01. The first-order chi connectivity index (χ1) is 9.60. The highest BCUT2D eigenvalue weighted by atomic mass is 35.5. The van der Waals surface area contributed by atoms with Gasteiger partial charge in [-0.25, -0.2) is 4.98 Å². The Hall–Kier alpha value is -2.08. The second kappa shape index (κ2) is 6.38. The number of nitrogens with zero attached hydrogens (tertiary/aromatic N) is 3. The van der Waals surface area contributed by atoms with Crippen molar-refractivity contribution in [3.63, 3.8) is 0 Å². The van der Waals surface area contributed by atoms with Gasteiger partial charge in [-0.05, 0) is 24.6 Å². The zero-order valence-corrected chi connectivity index (χ0v) is 12.1. The summed E-state index contributed by atoms with van der Waals surface area (Å²) in [5.74, 6) is 0.304. The molecule has 2 aromatic rings. The van der Waals surface area contributed by atoms with E-state index in [0.717, 1.165) is 5.56 Å². The van der Waals surface area contributed by atoms with Crippen LogP contribution < -0.4 is 10.6 Å². The number of hydrogen-bond acceptors (Lipinski definition) is 4. The summed E-state index contributed by atoms with van der Waals surface area (Å²) >= 11 is 5.98. The number of pyridine rings is 1. The van der Waals surface area contributed by atoms with Crippen LogP contribution in [0, 0.1) is 6.92 Å². The number of amides is 1. The molecule has 0 aromatic carbocycles. The molecule has 0 unspecified atom stereocenters. The van der Waals surface area contributed by atoms with E-state index in [0.29, 0.717) is 23.9 Å². The fourth-order valence-electron chi connectivity index (χ4n) is 1.70. The molecular weight excluding hydrogens is 278 g/mol. The number of aromatic nitrogens is 3. The number of carbonyl (C=O) groups is 1. The van der Waals surface area contributed by atoms with Gasteiger partial charge in [-0.1, -0.05) is 11.6 Å². The van der Waals surface area contributed by atoms with Crippen LogP contribution in [0.1, 0.15) is 16.1 Å². The van der Waals surface area contributed by atoms with E-state index in [9.17, 15) is 4.79 Å². The SMILES string of the molecule is CNc1ccc(Cl)c(C(=O)NCCn2cc(C)cn2)n1. The number of aryl methyl sites for hydroxylation is 1. The van der Waals surface area contributed by atoms with Gasteiger partial charge in [0.1, 0.15) is 11.5 Å². The number of rotatable bonds is 5. The number of halogens is 1. The Bertz CT molecular complexity index is 611. The van der Waals surface area contributed by atoms with Gasteiger partial charge in [0, 0.05) is 19.8 Å². The smallest absolute Gasteiger partial charge is 0.271 e. The zero-order valence-electron chi connectivity index (χ0n) is 11.4. The van der Waals surface area contributed by atoms with Crippen LogP contribution in [0.25, 0.3) is 0 Å². The van der Waals surface area contributed by atoms with Gasteiger partial charge in [0.15, 0.2) is 0 Å². The van der Waals surface area contributed by atoms with Gasteiger partial charge in [-0.15, -0.1) is 0 Å². The van der Waals surface area contributed by atoms with Gasteiger partial charge in [0.2, 0.25) is 0 Å². The first-order valence-electron chi connectivity index (χ1n) is 6.21. The van der Waals surface area contributed by atoms with E-state index in [2.05, 4.69) is 20.7 Å². The lowest BCUT2D eigenvalue weighted by Gasteiger charge is -2.08. The fourth-order valence-corrected chi connectivity index (χ4v) is 1.89. The van der Waals surface area contributed by atoms with Gasteiger partial charge in [-0.2, -0.15) is 5.10 Å². The van der Waals surface area contributed by atoms with Crippen molar-refractivity contribution in [3.8, 4) is 0 Å². The Morgan fingerprint density at radius 3 is 2.90 bits per heavy atom. The number of nitrogens with one attached hydrogen (secondary N) is 2. The van der Waals surface area contributed by atoms with Gasteiger partial charge in [0.25, 0.3) is 5.91 Å². The van der Waals surface area contributed by atoms with Crippen molar-refractivity contribution in [1.82, 2.24) is 20.1 Å². The van der Waals surface area contributed by atoms with Crippen LogP contribution in [0.2, 0.25) is 5.02 Å². The predicted molar refractivity (Wildman–Crippen MR) is 78.1 cm³/mol. The predicted octanol–water partition coefficient (Wildman–Crippen LogP) is 1.71. The van der Waals surface area contributed by atoms with Crippen LogP contribution in [0.15, 0.2) is 24.5 Å². The van der Waals surface area contributed by atoms with E-state index in [1.165, 1.54) is 0 Å². The molecule has 2 heterocycles. The summed E-state index contributed by atoms with van der Waals surface area (Å²) < 4.78 is 1.77. The molecule has 0 atom stereocenters. The van der Waals surface area contributed by atoms with Crippen molar-refractivity contribution in [1.29, 1.82) is 0 Å². The molecule has 2 N–H and O–H groups in total. The second-order valence-electron chi connectivity index (χ2n) is 4.31. The summed E-state index contributed by atoms with van der Waals surface area (Å²) in [5.41, 5.74) is 1.30. The Balaban J connectivity index is 1.94. The summed E-state index contributed by atoms with van der Waals surface area (Å²) in [6.07, 6.45) is 3.69. The highest BCUT2D eigenvalue weighted by Gasteiger charge is 2.12. The topological polar surface area (TPSA) is 71.8 Å². The first kappa shape index (κ1) is 14.3. The van der Waals surface area contributed by atoms with Crippen molar-refractivity contribution in [2.75, 3.05) is 18.9 Å². The molecular formula is C13H16ClN5O. The third kappa shape index (κ3) is 3.48. The highest BCUT2D eigenvalue weighted by molar-refractivity contribution is 6.33. The summed E-state index contributed by atoms with van der Waals surface area (Å²) in [5, 5.41) is 10.1. The molecule has 0 aliphatic heterocycles. The monoisotopic (exact) mass is 293 g/mol. The molecule has 0 fully saturated rings. The number of carbonyl (C=O) groups excluding carboxylic acids is 1. The van der Waals surface area contributed by atoms with E-state index in [-0.39, 0.29) is 11.6 Å². The van der Waals surface area contributed by atoms with Gasteiger partial charge in [0.05, 0.1) is 17.8 Å². The Labute approximate surface area is 122 Å². The molecule has 1 amide bonds. The minimum atomic E-state index is -0.295. The van der Waals surface area contributed by atoms with E-state index >= 15 is 0 Å². The maximum absolute atomic E-state index is 12.0. The molecule has 0 spiro atoms. The minimum Gasteiger partial charge on any atom is -0.373 e. The fraction of sp³-hybridized carbons (Fsp3) is 0.308. The van der Waals surface area contributed by atoms with E-state index in [1.54, 1.807) is 30.1 Å². The largest absolute Gasteiger partial charge is 0.373 e. The molecule has 20 heavy (non-hydrogen) atoms. The lowest BCUT2D eigenvalue weighted by Crippen LogP contribution is -2.28. The highest BCUT2D eigenvalue weighted by Crippen LogP contribution is 2.16. The summed E-state index contributed by atoms with van der Waals surface area (Å²) in [4.78, 5) is 16.2. The summed E-state index contributed by atoms with van der Waals surface area (Å²) in [6.45, 7) is 3.03. The van der Waals surface area contributed by atoms with Crippen LogP contribution in [0.4, 0.5) is 5.82 Å². The van der Waals surface area contributed by atoms with E-state index in [1.807, 2.05) is 13.1 Å². The first-order valence-corrected chi connectivity index (χ1v) is 6.59. The average molecular weight is 294 g/mol. The maximum Gasteiger partial charge on any atom is 0.271 e. The standard InChI is InChI=1S/C13H16ClN5O/c1-9-7-17-19(8-9)6-5-16-13(20)12-10(14)3-4-11(15-2)18-12/h3-4,7-8H,5-6H2,1-2H3,(H,15,18)(H,16,20). The molecule has 7 heteroatoms. The zero-order chi connectivity index (χ0) is 14.5. The molecule has 0 saturated heterocycles. The molecule has 0 aliphatic carbocycles. The Morgan fingerprint density at radius 1 is 1.45 bits per heavy atom. The van der Waals surface area contributed by atoms with Crippen molar-refractivity contribution in [2.24, 2.45) is 0 Å². The van der Waals surface area contributed by atoms with Gasteiger partial charge >= 0.3 is 0 Å². The maximum atomic E-state index is 12.0. The molecule has 106 valence electrons. The Kier molecular flexibility index (Phi) is 4.57. The van der Waals surface area contributed by atoms with E-state index < -0.39 is 0 Å². The van der Waals surface area contributed by atoms with Gasteiger partial charge < -0.3 is 10.6 Å². The van der Waals surface area contributed by atoms with Crippen molar-refractivity contribution < 1.29 is 4.79 Å². The molecule has 0 saturated carbocycles. The Morgan fingerprint density at radius 2 is 2.25 bits per heavy atom. The normalized spacial score (nSPS) is 10.3.